The topological polar surface area (TPSA) is 134 Å². The van der Waals surface area contributed by atoms with Gasteiger partial charge in [0.05, 0.1) is 29.6 Å². The van der Waals surface area contributed by atoms with Crippen molar-refractivity contribution in [1.29, 1.82) is 0 Å². The zero-order valence-corrected chi connectivity index (χ0v) is 20.1. The average Bonchev–Trinajstić information content (AvgIpc) is 3.41. The van der Waals surface area contributed by atoms with Gasteiger partial charge < -0.3 is 9.47 Å². The number of hydrogen-bond donors (Lipinski definition) is 0. The second kappa shape index (κ2) is 7.97. The van der Waals surface area contributed by atoms with E-state index in [1.807, 2.05) is 13.8 Å². The van der Waals surface area contributed by atoms with Gasteiger partial charge in [0.25, 0.3) is 5.56 Å². The van der Waals surface area contributed by atoms with Gasteiger partial charge in [0.15, 0.2) is 21.0 Å². The Morgan fingerprint density at radius 2 is 1.91 bits per heavy atom. The number of likely N-dealkylation sites (N-methyl/N-ethyl adjacent to an activating group) is 1. The van der Waals surface area contributed by atoms with Crippen LogP contribution < -0.4 is 11.2 Å². The van der Waals surface area contributed by atoms with Gasteiger partial charge in [-0.1, -0.05) is 0 Å². The van der Waals surface area contributed by atoms with Crippen molar-refractivity contribution >= 4 is 26.9 Å². The Labute approximate surface area is 190 Å². The normalized spacial score (nSPS) is 17.7. The second-order valence-corrected chi connectivity index (χ2v) is 10.9. The summed E-state index contributed by atoms with van der Waals surface area (Å²) in [5.41, 5.74) is 1.85. The second-order valence-electron chi connectivity index (χ2n) is 8.65. The van der Waals surface area contributed by atoms with E-state index in [0.717, 1.165) is 21.5 Å². The lowest BCUT2D eigenvalue weighted by Crippen LogP contribution is -2.38. The van der Waals surface area contributed by atoms with Crippen LogP contribution >= 0.6 is 0 Å². The summed E-state index contributed by atoms with van der Waals surface area (Å²) >= 11 is 0. The first-order chi connectivity index (χ1) is 15.4. The van der Waals surface area contributed by atoms with Crippen molar-refractivity contribution in [3.05, 3.63) is 44.1 Å². The Kier molecular flexibility index (Phi) is 5.55. The number of aryl methyl sites for hydroxylation is 2. The summed E-state index contributed by atoms with van der Waals surface area (Å²) in [5.74, 6) is -0.0117. The molecule has 0 saturated carbocycles. The van der Waals surface area contributed by atoms with Crippen LogP contribution in [-0.4, -0.2) is 66.2 Å². The predicted octanol–water partition coefficient (Wildman–Crippen LogP) is -0.735. The number of sulfone groups is 1. The molecule has 1 amide bonds. The number of nitrogens with zero attached hydrogens (tertiary/aromatic N) is 7. The highest BCUT2D eigenvalue weighted by Crippen LogP contribution is 2.27. The summed E-state index contributed by atoms with van der Waals surface area (Å²) in [6.45, 7) is 3.90. The van der Waals surface area contributed by atoms with Gasteiger partial charge in [-0.25, -0.2) is 18.2 Å². The van der Waals surface area contributed by atoms with E-state index in [9.17, 15) is 22.8 Å². The van der Waals surface area contributed by atoms with Gasteiger partial charge in [-0.3, -0.25) is 23.4 Å². The molecule has 0 bridgehead atoms. The number of carbonyl (C=O) groups excluding carboxylic acids is 1. The zero-order chi connectivity index (χ0) is 24.2. The zero-order valence-electron chi connectivity index (χ0n) is 19.3. The van der Waals surface area contributed by atoms with Gasteiger partial charge in [0, 0.05) is 38.9 Å². The van der Waals surface area contributed by atoms with E-state index < -0.39 is 21.1 Å². The number of hydrogen-bond acceptors (Lipinski definition) is 7. The molecule has 1 aliphatic rings. The Morgan fingerprint density at radius 3 is 2.55 bits per heavy atom. The third-order valence-electron chi connectivity index (χ3n) is 6.37. The smallest absolute Gasteiger partial charge is 0.332 e. The van der Waals surface area contributed by atoms with E-state index in [1.165, 1.54) is 34.5 Å². The van der Waals surface area contributed by atoms with Crippen molar-refractivity contribution in [3.63, 3.8) is 0 Å². The van der Waals surface area contributed by atoms with Gasteiger partial charge in [0.1, 0.15) is 6.54 Å². The Bertz CT molecular complexity index is 1490. The molecule has 0 aromatic carbocycles. The summed E-state index contributed by atoms with van der Waals surface area (Å²) < 4.78 is 29.2. The Balaban J connectivity index is 1.56. The lowest BCUT2D eigenvalue weighted by Gasteiger charge is -2.18. The molecular formula is C20H27N7O5S. The van der Waals surface area contributed by atoms with Crippen LogP contribution in [0, 0.1) is 13.8 Å². The highest BCUT2D eigenvalue weighted by molar-refractivity contribution is 7.91. The lowest BCUT2D eigenvalue weighted by molar-refractivity contribution is -0.131. The van der Waals surface area contributed by atoms with Gasteiger partial charge in [-0.15, -0.1) is 0 Å². The van der Waals surface area contributed by atoms with Crippen molar-refractivity contribution in [2.75, 3.05) is 18.6 Å². The molecule has 3 aromatic rings. The maximum atomic E-state index is 13.0. The van der Waals surface area contributed by atoms with Crippen LogP contribution in [0.1, 0.15) is 29.4 Å². The maximum absolute atomic E-state index is 13.0. The third kappa shape index (κ3) is 3.90. The van der Waals surface area contributed by atoms with E-state index in [2.05, 4.69) is 10.1 Å². The van der Waals surface area contributed by atoms with Crippen LogP contribution in [0.4, 0.5) is 0 Å². The van der Waals surface area contributed by atoms with Crippen LogP contribution in [-0.2, 0) is 41.8 Å². The van der Waals surface area contributed by atoms with Gasteiger partial charge in [-0.05, 0) is 20.3 Å². The molecule has 1 aliphatic heterocycles. The fraction of sp³-hybridized carbons (Fsp3) is 0.550. The summed E-state index contributed by atoms with van der Waals surface area (Å²) in [4.78, 5) is 43.4. The quantitative estimate of drug-likeness (QED) is 0.473. The highest BCUT2D eigenvalue weighted by Gasteiger charge is 2.31. The van der Waals surface area contributed by atoms with Crippen molar-refractivity contribution in [1.82, 2.24) is 33.4 Å². The minimum Gasteiger partial charge on any atom is -0.340 e. The van der Waals surface area contributed by atoms with Crippen molar-refractivity contribution in [2.45, 2.75) is 39.4 Å². The molecule has 4 heterocycles. The molecule has 3 aromatic heterocycles. The third-order valence-corrected chi connectivity index (χ3v) is 8.12. The molecule has 1 fully saturated rings. The van der Waals surface area contributed by atoms with Crippen molar-refractivity contribution in [3.8, 4) is 0 Å². The molecular weight excluding hydrogens is 450 g/mol. The minimum absolute atomic E-state index is 0.0777. The van der Waals surface area contributed by atoms with E-state index in [4.69, 9.17) is 0 Å². The van der Waals surface area contributed by atoms with Crippen LogP contribution in [0.5, 0.6) is 0 Å². The first kappa shape index (κ1) is 23.0. The summed E-state index contributed by atoms with van der Waals surface area (Å²) in [5, 5.41) is 4.55. The Morgan fingerprint density at radius 1 is 1.21 bits per heavy atom. The average molecular weight is 478 g/mol. The SMILES string of the molecule is Cc1nn([C@@H]2CCS(=O)(=O)C2)c(C)c1CN(C)C(=O)Cn1cnc2c1c(=O)n(C)c(=O)n2C. The molecule has 0 radical (unpaired) electrons. The number of carbonyl (C=O) groups is 1. The fourth-order valence-electron chi connectivity index (χ4n) is 4.36. The molecule has 0 unspecified atom stereocenters. The van der Waals surface area contributed by atoms with E-state index in [1.54, 1.807) is 11.7 Å². The lowest BCUT2D eigenvalue weighted by atomic mass is 10.1. The van der Waals surface area contributed by atoms with E-state index in [0.29, 0.717) is 13.0 Å². The molecule has 1 saturated heterocycles. The van der Waals surface area contributed by atoms with Gasteiger partial charge in [-0.2, -0.15) is 5.10 Å². The van der Waals surface area contributed by atoms with Gasteiger partial charge >= 0.3 is 5.69 Å². The van der Waals surface area contributed by atoms with Crippen LogP contribution in [0.25, 0.3) is 11.2 Å². The number of amides is 1. The highest BCUT2D eigenvalue weighted by atomic mass is 32.2. The molecule has 0 N–H and O–H groups in total. The number of imidazole rings is 1. The van der Waals surface area contributed by atoms with Crippen LogP contribution in [0.15, 0.2) is 15.9 Å². The maximum Gasteiger partial charge on any atom is 0.332 e. The fourth-order valence-corrected chi connectivity index (χ4v) is 6.05. The molecule has 0 spiro atoms. The molecule has 4 rings (SSSR count). The molecule has 13 heteroatoms. The predicted molar refractivity (Wildman–Crippen MR) is 121 cm³/mol. The van der Waals surface area contributed by atoms with E-state index in [-0.39, 0.29) is 41.2 Å². The summed E-state index contributed by atoms with van der Waals surface area (Å²) in [7, 11) is 1.52. The van der Waals surface area contributed by atoms with Crippen LogP contribution in [0.2, 0.25) is 0 Å². The summed E-state index contributed by atoms with van der Waals surface area (Å²) in [6.07, 6.45) is 1.91. The first-order valence-electron chi connectivity index (χ1n) is 10.5. The number of rotatable bonds is 5. The van der Waals surface area contributed by atoms with Crippen LogP contribution in [0.3, 0.4) is 0 Å². The summed E-state index contributed by atoms with van der Waals surface area (Å²) in [6, 6.07) is -0.191. The standard InChI is InChI=1S/C20H27N7O5S/c1-12-15(13(2)27(22-12)14-6-7-33(31,32)10-14)8-23(3)16(28)9-26-11-21-18-17(26)19(29)25(5)20(30)24(18)4/h11,14H,6-10H2,1-5H3/t14-/m1/s1. The molecule has 0 aliphatic carbocycles. The molecule has 1 atom stereocenters. The number of aromatic nitrogens is 6. The largest absolute Gasteiger partial charge is 0.340 e. The number of fused-ring (bicyclic) bond motifs is 1. The molecule has 33 heavy (non-hydrogen) atoms. The first-order valence-corrected chi connectivity index (χ1v) is 12.3. The Hall–Kier alpha value is -3.22. The van der Waals surface area contributed by atoms with E-state index >= 15 is 0 Å². The van der Waals surface area contributed by atoms with Gasteiger partial charge in [0.2, 0.25) is 5.91 Å². The van der Waals surface area contributed by atoms with Crippen molar-refractivity contribution < 1.29 is 13.2 Å². The monoisotopic (exact) mass is 477 g/mol. The van der Waals surface area contributed by atoms with Crippen molar-refractivity contribution in [2.24, 2.45) is 14.1 Å². The molecule has 12 nitrogen and oxygen atoms in total. The minimum atomic E-state index is -3.04. The molecule has 178 valence electrons.